The van der Waals surface area contributed by atoms with Crippen LogP contribution in [-0.2, 0) is 4.74 Å². The minimum absolute atomic E-state index is 0.0116. The van der Waals surface area contributed by atoms with E-state index in [-0.39, 0.29) is 12.6 Å². The van der Waals surface area contributed by atoms with Crippen molar-refractivity contribution >= 4 is 5.84 Å². The Morgan fingerprint density at radius 3 is 2.74 bits per heavy atom. The maximum absolute atomic E-state index is 7.41. The van der Waals surface area contributed by atoms with Gasteiger partial charge < -0.3 is 19.9 Å². The smallest absolute Gasteiger partial charge is 0.189 e. The Balaban J connectivity index is 1.94. The van der Waals surface area contributed by atoms with E-state index >= 15 is 0 Å². The number of benzene rings is 1. The second-order valence-corrected chi connectivity index (χ2v) is 4.58. The summed E-state index contributed by atoms with van der Waals surface area (Å²) in [6, 6.07) is 5.20. The molecule has 104 valence electrons. The molecular weight excluding hydrogens is 244 g/mol. The van der Waals surface area contributed by atoms with Crippen LogP contribution in [0.2, 0.25) is 0 Å². The second-order valence-electron chi connectivity index (χ2n) is 4.58. The monoisotopic (exact) mass is 264 g/mol. The molecule has 0 aliphatic heterocycles. The van der Waals surface area contributed by atoms with Crippen LogP contribution in [0.4, 0.5) is 0 Å². The highest BCUT2D eigenvalue weighted by Crippen LogP contribution is 2.30. The molecular formula is C14H20N2O3. The van der Waals surface area contributed by atoms with Crippen LogP contribution in [0.1, 0.15) is 25.3 Å². The highest BCUT2D eigenvalue weighted by molar-refractivity contribution is 5.95. The van der Waals surface area contributed by atoms with E-state index in [2.05, 4.69) is 0 Å². The third-order valence-electron chi connectivity index (χ3n) is 2.90. The van der Waals surface area contributed by atoms with E-state index in [0.717, 1.165) is 12.5 Å². The number of rotatable bonds is 8. The highest BCUT2D eigenvalue weighted by atomic mass is 16.7. The van der Waals surface area contributed by atoms with E-state index in [1.54, 1.807) is 18.2 Å². The lowest BCUT2D eigenvalue weighted by molar-refractivity contribution is 0.00840. The van der Waals surface area contributed by atoms with Crippen LogP contribution >= 0.6 is 0 Å². The molecule has 0 unspecified atom stereocenters. The number of ether oxygens (including phenoxy) is 3. The number of amidine groups is 1. The first-order valence-corrected chi connectivity index (χ1v) is 6.52. The molecule has 0 heterocycles. The first-order valence-electron chi connectivity index (χ1n) is 6.52. The molecule has 0 radical (unpaired) electrons. The number of nitrogens with two attached hydrogens (primary N) is 1. The van der Waals surface area contributed by atoms with E-state index in [1.807, 2.05) is 6.92 Å². The molecule has 5 heteroatoms. The first-order chi connectivity index (χ1) is 9.20. The predicted octanol–water partition coefficient (Wildman–Crippen LogP) is 2.13. The molecule has 1 fully saturated rings. The number of nitrogens with one attached hydrogen (secondary N) is 1. The maximum atomic E-state index is 7.41. The van der Waals surface area contributed by atoms with Gasteiger partial charge in [0.25, 0.3) is 0 Å². The van der Waals surface area contributed by atoms with Gasteiger partial charge in [-0.3, -0.25) is 5.41 Å². The minimum Gasteiger partial charge on any atom is -0.490 e. The molecule has 0 amide bonds. The van der Waals surface area contributed by atoms with Gasteiger partial charge in [0.2, 0.25) is 0 Å². The minimum atomic E-state index is 0.0116. The fraction of sp³-hybridized carbons (Fsp3) is 0.500. The summed E-state index contributed by atoms with van der Waals surface area (Å²) in [7, 11) is 0. The lowest BCUT2D eigenvalue weighted by atomic mass is 10.2. The van der Waals surface area contributed by atoms with E-state index in [1.165, 1.54) is 12.8 Å². The number of hydrogen-bond donors (Lipinski definition) is 2. The molecule has 1 saturated carbocycles. The number of nitrogen functional groups attached to an aromatic ring is 1. The van der Waals surface area contributed by atoms with Crippen LogP contribution in [0.5, 0.6) is 11.5 Å². The summed E-state index contributed by atoms with van der Waals surface area (Å²) < 4.78 is 16.5. The van der Waals surface area contributed by atoms with Crippen LogP contribution in [-0.4, -0.2) is 25.8 Å². The van der Waals surface area contributed by atoms with Gasteiger partial charge >= 0.3 is 0 Å². The van der Waals surface area contributed by atoms with Crippen molar-refractivity contribution in [1.29, 1.82) is 5.41 Å². The average Bonchev–Trinajstić information content (AvgIpc) is 3.20. The summed E-state index contributed by atoms with van der Waals surface area (Å²) >= 11 is 0. The SMILES string of the molecule is CCOc1cc(C(=N)N)ccc1OCOCC1CC1. The van der Waals surface area contributed by atoms with Crippen molar-refractivity contribution in [1.82, 2.24) is 0 Å². The van der Waals surface area contributed by atoms with Crippen LogP contribution in [0.3, 0.4) is 0 Å². The van der Waals surface area contributed by atoms with Crippen LogP contribution in [0.25, 0.3) is 0 Å². The third-order valence-corrected chi connectivity index (χ3v) is 2.90. The predicted molar refractivity (Wildman–Crippen MR) is 72.8 cm³/mol. The van der Waals surface area contributed by atoms with Crippen molar-refractivity contribution < 1.29 is 14.2 Å². The Morgan fingerprint density at radius 1 is 1.32 bits per heavy atom. The lowest BCUT2D eigenvalue weighted by Crippen LogP contribution is -2.12. The Bertz CT molecular complexity index is 444. The van der Waals surface area contributed by atoms with Crippen molar-refractivity contribution in [2.24, 2.45) is 11.7 Å². The zero-order chi connectivity index (χ0) is 13.7. The van der Waals surface area contributed by atoms with Crippen molar-refractivity contribution in [3.05, 3.63) is 23.8 Å². The summed E-state index contributed by atoms with van der Waals surface area (Å²) in [6.45, 7) is 3.40. The van der Waals surface area contributed by atoms with Crippen LogP contribution < -0.4 is 15.2 Å². The first kappa shape index (κ1) is 13.7. The molecule has 0 aromatic heterocycles. The Labute approximate surface area is 113 Å². The zero-order valence-electron chi connectivity index (χ0n) is 11.1. The van der Waals surface area contributed by atoms with E-state index in [0.29, 0.717) is 23.7 Å². The van der Waals surface area contributed by atoms with Gasteiger partial charge in [-0.1, -0.05) is 0 Å². The van der Waals surface area contributed by atoms with Gasteiger partial charge in [-0.15, -0.1) is 0 Å². The molecule has 2 rings (SSSR count). The molecule has 0 spiro atoms. The average molecular weight is 264 g/mol. The molecule has 1 aliphatic carbocycles. The quantitative estimate of drug-likeness (QED) is 0.326. The van der Waals surface area contributed by atoms with E-state index < -0.39 is 0 Å². The molecule has 19 heavy (non-hydrogen) atoms. The maximum Gasteiger partial charge on any atom is 0.189 e. The van der Waals surface area contributed by atoms with Crippen molar-refractivity contribution in [2.75, 3.05) is 20.0 Å². The topological polar surface area (TPSA) is 77.6 Å². The normalized spacial score (nSPS) is 14.2. The summed E-state index contributed by atoms with van der Waals surface area (Å²) in [5.41, 5.74) is 6.07. The van der Waals surface area contributed by atoms with Crippen molar-refractivity contribution in [3.8, 4) is 11.5 Å². The van der Waals surface area contributed by atoms with Gasteiger partial charge in [0, 0.05) is 5.56 Å². The van der Waals surface area contributed by atoms with Crippen LogP contribution in [0.15, 0.2) is 18.2 Å². The van der Waals surface area contributed by atoms with Gasteiger partial charge in [0.05, 0.1) is 13.2 Å². The van der Waals surface area contributed by atoms with Gasteiger partial charge in [0.15, 0.2) is 18.3 Å². The molecule has 1 aromatic carbocycles. The molecule has 0 bridgehead atoms. The Hall–Kier alpha value is -1.75. The summed E-state index contributed by atoms with van der Waals surface area (Å²) in [5, 5.41) is 7.41. The summed E-state index contributed by atoms with van der Waals surface area (Å²) in [6.07, 6.45) is 2.52. The van der Waals surface area contributed by atoms with Gasteiger partial charge in [0.1, 0.15) is 5.84 Å². The van der Waals surface area contributed by atoms with Crippen molar-refractivity contribution in [3.63, 3.8) is 0 Å². The Morgan fingerprint density at radius 2 is 2.11 bits per heavy atom. The summed E-state index contributed by atoms with van der Waals surface area (Å²) in [4.78, 5) is 0. The van der Waals surface area contributed by atoms with Crippen LogP contribution in [0, 0.1) is 11.3 Å². The standard InChI is InChI=1S/C14H20N2O3/c1-2-18-13-7-11(14(15)16)5-6-12(13)19-9-17-8-10-3-4-10/h5-7,10H,2-4,8-9H2,1H3,(H3,15,16). The second kappa shape index (κ2) is 6.43. The number of hydrogen-bond acceptors (Lipinski definition) is 4. The van der Waals surface area contributed by atoms with Crippen molar-refractivity contribution in [2.45, 2.75) is 19.8 Å². The molecule has 3 N–H and O–H groups in total. The fourth-order valence-electron chi connectivity index (χ4n) is 1.67. The largest absolute Gasteiger partial charge is 0.490 e. The molecule has 1 aromatic rings. The van der Waals surface area contributed by atoms with E-state index in [4.69, 9.17) is 25.4 Å². The lowest BCUT2D eigenvalue weighted by Gasteiger charge is -2.13. The fourth-order valence-corrected chi connectivity index (χ4v) is 1.67. The Kier molecular flexibility index (Phi) is 4.63. The molecule has 0 atom stereocenters. The van der Waals surface area contributed by atoms with Gasteiger partial charge in [-0.05, 0) is 43.9 Å². The highest BCUT2D eigenvalue weighted by Gasteiger charge is 2.21. The van der Waals surface area contributed by atoms with Gasteiger partial charge in [-0.25, -0.2) is 0 Å². The van der Waals surface area contributed by atoms with E-state index in [9.17, 15) is 0 Å². The van der Waals surface area contributed by atoms with Gasteiger partial charge in [-0.2, -0.15) is 0 Å². The molecule has 0 saturated heterocycles. The third kappa shape index (κ3) is 4.13. The summed E-state index contributed by atoms with van der Waals surface area (Å²) in [5.74, 6) is 1.93. The molecule has 5 nitrogen and oxygen atoms in total. The zero-order valence-corrected chi connectivity index (χ0v) is 11.1. The molecule has 1 aliphatic rings.